The quantitative estimate of drug-likeness (QED) is 0.363. The summed E-state index contributed by atoms with van der Waals surface area (Å²) in [6.07, 6.45) is 3.23. The summed E-state index contributed by atoms with van der Waals surface area (Å²) in [4.78, 5) is 35.9. The second-order valence-corrected chi connectivity index (χ2v) is 7.29. The van der Waals surface area contributed by atoms with E-state index in [0.29, 0.717) is 0 Å². The van der Waals surface area contributed by atoms with Crippen LogP contribution < -0.4 is 0 Å². The van der Waals surface area contributed by atoms with Crippen LogP contribution in [-0.2, 0) is 35.3 Å². The van der Waals surface area contributed by atoms with Crippen LogP contribution in [-0.4, -0.2) is 29.7 Å². The summed E-state index contributed by atoms with van der Waals surface area (Å²) in [5.41, 5.74) is 2.57. The fourth-order valence-corrected chi connectivity index (χ4v) is 3.08. The molecule has 7 heteroatoms. The topological polar surface area (TPSA) is 74.3 Å². The maximum absolute atomic E-state index is 12.4. The predicted octanol–water partition coefficient (Wildman–Crippen LogP) is 4.53. The Labute approximate surface area is 197 Å². The van der Waals surface area contributed by atoms with Gasteiger partial charge in [0.1, 0.15) is 0 Å². The molecule has 3 aromatic carbocycles. The molecule has 0 saturated carbocycles. The van der Waals surface area contributed by atoms with Gasteiger partial charge in [-0.05, 0) is 28.8 Å². The number of hydrogen-bond donors (Lipinski definition) is 0. The van der Waals surface area contributed by atoms with Crippen molar-refractivity contribution in [1.29, 1.82) is 0 Å². The fourth-order valence-electron chi connectivity index (χ4n) is 3.08. The summed E-state index contributed by atoms with van der Waals surface area (Å²) in [5.74, 6) is -1.33. The number of carbonyl (C=O) groups excluding carboxylic acids is 2. The van der Waals surface area contributed by atoms with E-state index in [1.807, 2.05) is 91.0 Å². The fraction of sp³-hybridized carbons (Fsp3) is 0.111. The zero-order chi connectivity index (χ0) is 23.6. The first-order valence-electron chi connectivity index (χ1n) is 10.7. The maximum Gasteiger partial charge on any atom is 0.333 e. The number of hydrogen-bond acceptors (Lipinski definition) is 7. The van der Waals surface area contributed by atoms with Crippen LogP contribution in [0.3, 0.4) is 0 Å². The van der Waals surface area contributed by atoms with Crippen molar-refractivity contribution in [2.24, 2.45) is 0 Å². The van der Waals surface area contributed by atoms with Gasteiger partial charge in [0.2, 0.25) is 0 Å². The molecule has 0 amide bonds. The van der Waals surface area contributed by atoms with Crippen molar-refractivity contribution in [3.05, 3.63) is 120 Å². The van der Waals surface area contributed by atoms with Gasteiger partial charge in [-0.3, -0.25) is 0 Å². The standard InChI is InChI=1S/C27H23NO6/c29-24(18-16-21-10-4-1-5-11-21)31-26-27(32-25(30)19-17-22-12-6-2-7-13-22)34-28(33-26)20-23-14-8-3-9-15-23/h1-19,26-27H,20H2/b18-16+,19-17+/t26-,27-/m0/s1. The zero-order valence-corrected chi connectivity index (χ0v) is 18.2. The van der Waals surface area contributed by atoms with Crippen LogP contribution in [0.25, 0.3) is 12.2 Å². The van der Waals surface area contributed by atoms with Gasteiger partial charge in [0.05, 0.1) is 6.54 Å². The van der Waals surface area contributed by atoms with Crippen LogP contribution in [0, 0.1) is 0 Å². The van der Waals surface area contributed by atoms with Crippen LogP contribution in [0.15, 0.2) is 103 Å². The van der Waals surface area contributed by atoms with E-state index < -0.39 is 24.5 Å². The lowest BCUT2D eigenvalue weighted by atomic mass is 10.2. The lowest BCUT2D eigenvalue weighted by Crippen LogP contribution is -2.31. The van der Waals surface area contributed by atoms with Crippen molar-refractivity contribution in [2.75, 3.05) is 0 Å². The molecule has 1 heterocycles. The number of ether oxygens (including phenoxy) is 2. The molecule has 1 saturated heterocycles. The highest BCUT2D eigenvalue weighted by Crippen LogP contribution is 2.23. The minimum Gasteiger partial charge on any atom is -0.424 e. The van der Waals surface area contributed by atoms with Gasteiger partial charge < -0.3 is 9.47 Å². The second kappa shape index (κ2) is 11.7. The highest BCUT2D eigenvalue weighted by molar-refractivity contribution is 5.88. The van der Waals surface area contributed by atoms with E-state index in [4.69, 9.17) is 19.1 Å². The third kappa shape index (κ3) is 6.98. The van der Waals surface area contributed by atoms with E-state index in [9.17, 15) is 9.59 Å². The summed E-state index contributed by atoms with van der Waals surface area (Å²) in [6.45, 7) is 0.239. The number of benzene rings is 3. The van der Waals surface area contributed by atoms with Crippen LogP contribution in [0.4, 0.5) is 0 Å². The van der Waals surface area contributed by atoms with Gasteiger partial charge in [-0.25, -0.2) is 19.3 Å². The number of rotatable bonds is 8. The molecule has 0 radical (unpaired) electrons. The maximum atomic E-state index is 12.4. The van der Waals surface area contributed by atoms with Crippen molar-refractivity contribution >= 4 is 24.1 Å². The Bertz CT molecular complexity index is 1060. The minimum absolute atomic E-state index is 0.239. The first kappa shape index (κ1) is 23.1. The Morgan fingerprint density at radius 3 is 1.53 bits per heavy atom. The van der Waals surface area contributed by atoms with E-state index in [0.717, 1.165) is 21.9 Å². The van der Waals surface area contributed by atoms with Crippen molar-refractivity contribution in [3.63, 3.8) is 0 Å². The number of esters is 2. The van der Waals surface area contributed by atoms with Crippen LogP contribution in [0.1, 0.15) is 16.7 Å². The van der Waals surface area contributed by atoms with Gasteiger partial charge >= 0.3 is 11.9 Å². The molecule has 7 nitrogen and oxygen atoms in total. The van der Waals surface area contributed by atoms with Crippen LogP contribution in [0.2, 0.25) is 0 Å². The summed E-state index contributed by atoms with van der Waals surface area (Å²) in [6, 6.07) is 28.0. The summed E-state index contributed by atoms with van der Waals surface area (Å²) >= 11 is 0. The third-order valence-corrected chi connectivity index (χ3v) is 4.71. The minimum atomic E-state index is -1.27. The molecular formula is C27H23NO6. The highest BCUT2D eigenvalue weighted by atomic mass is 17.1. The Morgan fingerprint density at radius 2 is 1.09 bits per heavy atom. The monoisotopic (exact) mass is 457 g/mol. The van der Waals surface area contributed by atoms with Crippen molar-refractivity contribution in [2.45, 2.75) is 19.1 Å². The number of carbonyl (C=O) groups is 2. The van der Waals surface area contributed by atoms with Crippen LogP contribution >= 0.6 is 0 Å². The predicted molar refractivity (Wildman–Crippen MR) is 125 cm³/mol. The molecule has 0 spiro atoms. The molecule has 4 rings (SSSR count). The Morgan fingerprint density at radius 1 is 0.676 bits per heavy atom. The molecule has 1 aliphatic heterocycles. The molecule has 2 atom stereocenters. The smallest absolute Gasteiger partial charge is 0.333 e. The largest absolute Gasteiger partial charge is 0.424 e. The number of hydroxylamine groups is 2. The number of nitrogens with zero attached hydrogens (tertiary/aromatic N) is 1. The average Bonchev–Trinajstić information content (AvgIpc) is 3.23. The van der Waals surface area contributed by atoms with Gasteiger partial charge in [-0.1, -0.05) is 96.2 Å². The average molecular weight is 457 g/mol. The molecule has 0 aromatic heterocycles. The molecule has 1 fully saturated rings. The van der Waals surface area contributed by atoms with Crippen LogP contribution in [0.5, 0.6) is 0 Å². The van der Waals surface area contributed by atoms with Gasteiger partial charge in [0, 0.05) is 12.2 Å². The summed E-state index contributed by atoms with van der Waals surface area (Å²) in [5, 5.41) is 1.13. The van der Waals surface area contributed by atoms with E-state index >= 15 is 0 Å². The molecule has 0 unspecified atom stereocenters. The van der Waals surface area contributed by atoms with Gasteiger partial charge in [0.15, 0.2) is 0 Å². The molecular weight excluding hydrogens is 434 g/mol. The third-order valence-electron chi connectivity index (χ3n) is 4.71. The Hall–Kier alpha value is -4.04. The van der Waals surface area contributed by atoms with Crippen molar-refractivity contribution in [3.8, 4) is 0 Å². The van der Waals surface area contributed by atoms with Crippen molar-refractivity contribution in [1.82, 2.24) is 5.23 Å². The molecule has 34 heavy (non-hydrogen) atoms. The van der Waals surface area contributed by atoms with E-state index in [2.05, 4.69) is 0 Å². The first-order valence-corrected chi connectivity index (χ1v) is 10.7. The molecule has 172 valence electrons. The van der Waals surface area contributed by atoms with E-state index in [1.165, 1.54) is 12.2 Å². The molecule has 0 N–H and O–H groups in total. The van der Waals surface area contributed by atoms with Gasteiger partial charge in [-0.2, -0.15) is 0 Å². The normalized spacial score (nSPS) is 18.4. The summed E-state index contributed by atoms with van der Waals surface area (Å²) < 4.78 is 10.7. The first-order chi connectivity index (χ1) is 16.7. The lowest BCUT2D eigenvalue weighted by molar-refractivity contribution is -0.343. The lowest BCUT2D eigenvalue weighted by Gasteiger charge is -2.14. The molecule has 0 aliphatic carbocycles. The Kier molecular flexibility index (Phi) is 7.97. The van der Waals surface area contributed by atoms with Gasteiger partial charge in [-0.15, -0.1) is 0 Å². The van der Waals surface area contributed by atoms with Gasteiger partial charge in [0.25, 0.3) is 12.6 Å². The summed E-state index contributed by atoms with van der Waals surface area (Å²) in [7, 11) is 0. The molecule has 0 bridgehead atoms. The molecule has 1 aliphatic rings. The SMILES string of the molecule is O=C(/C=C/c1ccccc1)O[C@H]1ON(Cc2ccccc2)O[C@@H]1OC(=O)/C=C/c1ccccc1. The van der Waals surface area contributed by atoms with Crippen molar-refractivity contribution < 1.29 is 28.7 Å². The Balaban J connectivity index is 1.41. The van der Waals surface area contributed by atoms with E-state index in [-0.39, 0.29) is 6.54 Å². The second-order valence-electron chi connectivity index (χ2n) is 7.29. The highest BCUT2D eigenvalue weighted by Gasteiger charge is 2.41. The van der Waals surface area contributed by atoms with E-state index in [1.54, 1.807) is 12.2 Å². The molecule has 3 aromatic rings. The zero-order valence-electron chi connectivity index (χ0n) is 18.2.